The summed E-state index contributed by atoms with van der Waals surface area (Å²) in [5.74, 6) is 1.07. The van der Waals surface area contributed by atoms with Gasteiger partial charge in [0.15, 0.2) is 0 Å². The van der Waals surface area contributed by atoms with Crippen LogP contribution in [0, 0.1) is 0 Å². The minimum Gasteiger partial charge on any atom is -0.468 e. The standard InChI is InChI=1S/C15H28N2O/c1-4-6-7-9-17(3)12-15-10-14(13-18-15)11-16-8-5-2/h10,13,16H,4-9,11-12H2,1-3H3. The van der Waals surface area contributed by atoms with Crippen molar-refractivity contribution in [2.45, 2.75) is 52.6 Å². The van der Waals surface area contributed by atoms with Crippen LogP contribution < -0.4 is 5.32 Å². The average Bonchev–Trinajstić information content (AvgIpc) is 2.77. The molecule has 1 aromatic heterocycles. The monoisotopic (exact) mass is 252 g/mol. The lowest BCUT2D eigenvalue weighted by atomic mass is 10.2. The summed E-state index contributed by atoms with van der Waals surface area (Å²) in [6.45, 7) is 8.46. The Balaban J connectivity index is 2.25. The van der Waals surface area contributed by atoms with Gasteiger partial charge < -0.3 is 9.73 Å². The number of hydrogen-bond acceptors (Lipinski definition) is 3. The molecule has 1 rings (SSSR count). The highest BCUT2D eigenvalue weighted by atomic mass is 16.3. The van der Waals surface area contributed by atoms with E-state index in [1.54, 1.807) is 0 Å². The average molecular weight is 252 g/mol. The minimum absolute atomic E-state index is 0.914. The number of hydrogen-bond donors (Lipinski definition) is 1. The first-order valence-corrected chi connectivity index (χ1v) is 7.21. The van der Waals surface area contributed by atoms with Crippen LogP contribution in [0.3, 0.4) is 0 Å². The van der Waals surface area contributed by atoms with Crippen molar-refractivity contribution in [3.05, 3.63) is 23.7 Å². The summed E-state index contributed by atoms with van der Waals surface area (Å²) in [5.41, 5.74) is 1.25. The summed E-state index contributed by atoms with van der Waals surface area (Å²) in [7, 11) is 2.16. The van der Waals surface area contributed by atoms with E-state index in [1.807, 2.05) is 6.26 Å². The molecule has 3 nitrogen and oxygen atoms in total. The molecule has 0 atom stereocenters. The van der Waals surface area contributed by atoms with Crippen LogP contribution in [-0.4, -0.2) is 25.0 Å². The summed E-state index contributed by atoms with van der Waals surface area (Å²) >= 11 is 0. The van der Waals surface area contributed by atoms with Crippen molar-refractivity contribution < 1.29 is 4.42 Å². The van der Waals surface area contributed by atoms with Crippen molar-refractivity contribution in [1.82, 2.24) is 10.2 Å². The lowest BCUT2D eigenvalue weighted by Gasteiger charge is -2.14. The molecule has 0 saturated heterocycles. The third-order valence-electron chi connectivity index (χ3n) is 3.03. The van der Waals surface area contributed by atoms with Gasteiger partial charge in [0.1, 0.15) is 5.76 Å². The third kappa shape index (κ3) is 6.22. The topological polar surface area (TPSA) is 28.4 Å². The summed E-state index contributed by atoms with van der Waals surface area (Å²) in [5, 5.41) is 3.39. The van der Waals surface area contributed by atoms with Crippen molar-refractivity contribution in [3.8, 4) is 0 Å². The molecule has 18 heavy (non-hydrogen) atoms. The molecule has 1 aromatic rings. The van der Waals surface area contributed by atoms with Gasteiger partial charge in [-0.3, -0.25) is 4.90 Å². The van der Waals surface area contributed by atoms with Gasteiger partial charge in [0.05, 0.1) is 12.8 Å². The van der Waals surface area contributed by atoms with E-state index >= 15 is 0 Å². The van der Waals surface area contributed by atoms with E-state index in [-0.39, 0.29) is 0 Å². The zero-order chi connectivity index (χ0) is 13.2. The SMILES string of the molecule is CCCCCN(C)Cc1cc(CNCCC)co1. The first kappa shape index (κ1) is 15.3. The smallest absolute Gasteiger partial charge is 0.118 e. The van der Waals surface area contributed by atoms with Crippen LogP contribution in [-0.2, 0) is 13.1 Å². The molecule has 0 aliphatic carbocycles. The predicted octanol–water partition coefficient (Wildman–Crippen LogP) is 3.40. The van der Waals surface area contributed by atoms with Crippen molar-refractivity contribution in [2.24, 2.45) is 0 Å². The molecule has 0 spiro atoms. The van der Waals surface area contributed by atoms with Crippen molar-refractivity contribution in [1.29, 1.82) is 0 Å². The van der Waals surface area contributed by atoms with Gasteiger partial charge in [-0.1, -0.05) is 26.7 Å². The van der Waals surface area contributed by atoms with Crippen LogP contribution in [0.1, 0.15) is 50.9 Å². The van der Waals surface area contributed by atoms with Crippen molar-refractivity contribution in [2.75, 3.05) is 20.1 Å². The zero-order valence-corrected chi connectivity index (χ0v) is 12.2. The number of nitrogens with zero attached hydrogens (tertiary/aromatic N) is 1. The number of furan rings is 1. The second kappa shape index (κ2) is 9.17. The zero-order valence-electron chi connectivity index (χ0n) is 12.2. The molecule has 3 heteroatoms. The maximum atomic E-state index is 5.59. The van der Waals surface area contributed by atoms with Gasteiger partial charge in [-0.15, -0.1) is 0 Å². The Morgan fingerprint density at radius 2 is 2.06 bits per heavy atom. The highest BCUT2D eigenvalue weighted by Crippen LogP contribution is 2.10. The molecule has 0 aliphatic rings. The van der Waals surface area contributed by atoms with E-state index in [2.05, 4.69) is 37.2 Å². The third-order valence-corrected chi connectivity index (χ3v) is 3.03. The first-order chi connectivity index (χ1) is 8.76. The molecule has 0 saturated carbocycles. The van der Waals surface area contributed by atoms with E-state index in [1.165, 1.54) is 31.2 Å². The second-order valence-corrected chi connectivity index (χ2v) is 5.04. The Morgan fingerprint density at radius 1 is 1.22 bits per heavy atom. The molecule has 0 radical (unpaired) electrons. The largest absolute Gasteiger partial charge is 0.468 e. The molecule has 0 fully saturated rings. The fourth-order valence-corrected chi connectivity index (χ4v) is 1.99. The maximum Gasteiger partial charge on any atom is 0.118 e. The van der Waals surface area contributed by atoms with Crippen LogP contribution in [0.4, 0.5) is 0 Å². The highest BCUT2D eigenvalue weighted by Gasteiger charge is 2.05. The van der Waals surface area contributed by atoms with E-state index in [9.17, 15) is 0 Å². The van der Waals surface area contributed by atoms with Gasteiger partial charge >= 0.3 is 0 Å². The van der Waals surface area contributed by atoms with Crippen LogP contribution in [0.25, 0.3) is 0 Å². The van der Waals surface area contributed by atoms with Gasteiger partial charge in [0.25, 0.3) is 0 Å². The molecule has 1 heterocycles. The van der Waals surface area contributed by atoms with E-state index < -0.39 is 0 Å². The second-order valence-electron chi connectivity index (χ2n) is 5.04. The molecule has 0 bridgehead atoms. The Bertz CT molecular complexity index is 309. The molecule has 0 amide bonds. The summed E-state index contributed by atoms with van der Waals surface area (Å²) < 4.78 is 5.59. The quantitative estimate of drug-likeness (QED) is 0.647. The summed E-state index contributed by atoms with van der Waals surface area (Å²) in [6.07, 6.45) is 6.91. The fraction of sp³-hybridized carbons (Fsp3) is 0.733. The molecular weight excluding hydrogens is 224 g/mol. The number of unbranched alkanes of at least 4 members (excludes halogenated alkanes) is 2. The van der Waals surface area contributed by atoms with Crippen LogP contribution in [0.15, 0.2) is 16.7 Å². The molecule has 0 unspecified atom stereocenters. The Labute approximate surface area is 112 Å². The molecule has 104 valence electrons. The summed E-state index contributed by atoms with van der Waals surface area (Å²) in [6, 6.07) is 2.17. The van der Waals surface area contributed by atoms with Gasteiger partial charge in [0.2, 0.25) is 0 Å². The van der Waals surface area contributed by atoms with E-state index in [0.29, 0.717) is 0 Å². The van der Waals surface area contributed by atoms with Crippen molar-refractivity contribution in [3.63, 3.8) is 0 Å². The summed E-state index contributed by atoms with van der Waals surface area (Å²) in [4.78, 5) is 2.33. The van der Waals surface area contributed by atoms with Crippen molar-refractivity contribution >= 4 is 0 Å². The lowest BCUT2D eigenvalue weighted by Crippen LogP contribution is -2.18. The molecule has 1 N–H and O–H groups in total. The first-order valence-electron chi connectivity index (χ1n) is 7.21. The Hall–Kier alpha value is -0.800. The fourth-order valence-electron chi connectivity index (χ4n) is 1.99. The lowest BCUT2D eigenvalue weighted by molar-refractivity contribution is 0.289. The normalized spacial score (nSPS) is 11.3. The highest BCUT2D eigenvalue weighted by molar-refractivity contribution is 5.12. The van der Waals surface area contributed by atoms with E-state index in [0.717, 1.165) is 31.9 Å². The van der Waals surface area contributed by atoms with Gasteiger partial charge in [-0.25, -0.2) is 0 Å². The minimum atomic E-state index is 0.914. The number of rotatable bonds is 10. The predicted molar refractivity (Wildman–Crippen MR) is 76.6 cm³/mol. The van der Waals surface area contributed by atoms with Crippen LogP contribution in [0.2, 0.25) is 0 Å². The Kier molecular flexibility index (Phi) is 7.78. The molecule has 0 aliphatic heterocycles. The van der Waals surface area contributed by atoms with Gasteiger partial charge in [0, 0.05) is 12.1 Å². The van der Waals surface area contributed by atoms with Gasteiger partial charge in [-0.2, -0.15) is 0 Å². The van der Waals surface area contributed by atoms with E-state index in [4.69, 9.17) is 4.42 Å². The van der Waals surface area contributed by atoms with Gasteiger partial charge in [-0.05, 0) is 39.0 Å². The number of nitrogens with one attached hydrogen (secondary N) is 1. The van der Waals surface area contributed by atoms with Crippen LogP contribution in [0.5, 0.6) is 0 Å². The Morgan fingerprint density at radius 3 is 2.78 bits per heavy atom. The van der Waals surface area contributed by atoms with Crippen LogP contribution >= 0.6 is 0 Å². The molecule has 0 aromatic carbocycles. The molecular formula is C15H28N2O. The maximum absolute atomic E-state index is 5.59.